The van der Waals surface area contributed by atoms with Crippen molar-refractivity contribution in [3.63, 3.8) is 0 Å². The molecular weight excluding hydrogens is 214 g/mol. The van der Waals surface area contributed by atoms with Gasteiger partial charge in [0, 0.05) is 12.1 Å². The van der Waals surface area contributed by atoms with Gasteiger partial charge in [0.25, 0.3) is 0 Å². The Morgan fingerprint density at radius 1 is 1.20 bits per heavy atom. The van der Waals surface area contributed by atoms with Crippen LogP contribution in [0.4, 0.5) is 0 Å². The van der Waals surface area contributed by atoms with Crippen LogP contribution in [0, 0.1) is 5.92 Å². The van der Waals surface area contributed by atoms with Gasteiger partial charge in [0.05, 0.1) is 5.92 Å². The van der Waals surface area contributed by atoms with Crippen LogP contribution in [0.25, 0.3) is 0 Å². The van der Waals surface area contributed by atoms with Crippen LogP contribution < -0.4 is 0 Å². The van der Waals surface area contributed by atoms with Crippen molar-refractivity contribution < 1.29 is 9.90 Å². The molecule has 2 unspecified atom stereocenters. The second-order valence-electron chi connectivity index (χ2n) is 4.69. The van der Waals surface area contributed by atoms with E-state index in [9.17, 15) is 4.79 Å². The molecule has 2 aliphatic carbocycles. The standard InChI is InChI=1S/C11H19NO2.ClH/c1-12(8-6-7-8)10-5-3-2-4-9(10)11(13)14;/h8-10H,2-7H2,1H3,(H,13,14);1H. The minimum atomic E-state index is -0.595. The van der Waals surface area contributed by atoms with Gasteiger partial charge in [0.15, 0.2) is 0 Å². The molecule has 0 heterocycles. The summed E-state index contributed by atoms with van der Waals surface area (Å²) in [6.45, 7) is 0. The first-order valence-electron chi connectivity index (χ1n) is 5.65. The second-order valence-corrected chi connectivity index (χ2v) is 4.69. The molecule has 2 saturated carbocycles. The zero-order valence-corrected chi connectivity index (χ0v) is 10.0. The lowest BCUT2D eigenvalue weighted by molar-refractivity contribution is -0.145. The molecule has 0 aromatic rings. The van der Waals surface area contributed by atoms with Crippen molar-refractivity contribution in [3.05, 3.63) is 0 Å². The smallest absolute Gasteiger partial charge is 0.308 e. The number of hydrogen-bond acceptors (Lipinski definition) is 2. The molecule has 0 bridgehead atoms. The summed E-state index contributed by atoms with van der Waals surface area (Å²) >= 11 is 0. The number of nitrogens with zero attached hydrogens (tertiary/aromatic N) is 1. The van der Waals surface area contributed by atoms with Crippen LogP contribution in [0.1, 0.15) is 38.5 Å². The van der Waals surface area contributed by atoms with E-state index < -0.39 is 5.97 Å². The Balaban J connectivity index is 0.00000112. The van der Waals surface area contributed by atoms with Crippen LogP contribution in [0.5, 0.6) is 0 Å². The van der Waals surface area contributed by atoms with E-state index in [1.54, 1.807) is 0 Å². The molecule has 88 valence electrons. The first-order valence-corrected chi connectivity index (χ1v) is 5.65. The molecule has 0 radical (unpaired) electrons. The fourth-order valence-electron chi connectivity index (χ4n) is 2.64. The van der Waals surface area contributed by atoms with Crippen molar-refractivity contribution >= 4 is 18.4 Å². The maximum Gasteiger partial charge on any atom is 0.308 e. The van der Waals surface area contributed by atoms with E-state index in [0.717, 1.165) is 19.3 Å². The van der Waals surface area contributed by atoms with Crippen LogP contribution in [0.15, 0.2) is 0 Å². The summed E-state index contributed by atoms with van der Waals surface area (Å²) in [6.07, 6.45) is 6.76. The summed E-state index contributed by atoms with van der Waals surface area (Å²) < 4.78 is 0. The number of aliphatic carboxylic acids is 1. The topological polar surface area (TPSA) is 40.5 Å². The highest BCUT2D eigenvalue weighted by atomic mass is 35.5. The molecule has 0 aliphatic heterocycles. The van der Waals surface area contributed by atoms with E-state index in [1.165, 1.54) is 19.3 Å². The van der Waals surface area contributed by atoms with Crippen molar-refractivity contribution in [2.75, 3.05) is 7.05 Å². The first kappa shape index (κ1) is 12.8. The third-order valence-corrected chi connectivity index (χ3v) is 3.69. The summed E-state index contributed by atoms with van der Waals surface area (Å²) in [7, 11) is 2.10. The van der Waals surface area contributed by atoms with Crippen LogP contribution in [-0.4, -0.2) is 35.1 Å². The Morgan fingerprint density at radius 2 is 1.80 bits per heavy atom. The molecule has 2 aliphatic rings. The van der Waals surface area contributed by atoms with Gasteiger partial charge < -0.3 is 5.11 Å². The summed E-state index contributed by atoms with van der Waals surface area (Å²) in [4.78, 5) is 13.4. The molecule has 0 spiro atoms. The predicted octanol–water partition coefficient (Wildman–Crippen LogP) is 2.15. The van der Waals surface area contributed by atoms with Crippen molar-refractivity contribution in [2.45, 2.75) is 50.6 Å². The predicted molar refractivity (Wildman–Crippen MR) is 61.4 cm³/mol. The number of carboxylic acid groups (broad SMARTS) is 1. The molecule has 2 rings (SSSR count). The third kappa shape index (κ3) is 2.85. The first-order chi connectivity index (χ1) is 6.70. The van der Waals surface area contributed by atoms with Crippen LogP contribution >= 0.6 is 12.4 Å². The van der Waals surface area contributed by atoms with Crippen molar-refractivity contribution in [1.82, 2.24) is 4.90 Å². The SMILES string of the molecule is CN(C1CC1)C1CCCCC1C(=O)O.Cl. The lowest BCUT2D eigenvalue weighted by atomic mass is 9.83. The lowest BCUT2D eigenvalue weighted by Gasteiger charge is -2.35. The lowest BCUT2D eigenvalue weighted by Crippen LogP contribution is -2.44. The largest absolute Gasteiger partial charge is 0.481 e. The Hall–Kier alpha value is -0.280. The molecular formula is C11H20ClNO2. The quantitative estimate of drug-likeness (QED) is 0.812. The van der Waals surface area contributed by atoms with E-state index in [2.05, 4.69) is 11.9 Å². The van der Waals surface area contributed by atoms with Crippen LogP contribution in [-0.2, 0) is 4.79 Å². The minimum absolute atomic E-state index is 0. The van der Waals surface area contributed by atoms with Gasteiger partial charge in [-0.25, -0.2) is 0 Å². The normalized spacial score (nSPS) is 31.1. The molecule has 2 fully saturated rings. The molecule has 3 nitrogen and oxygen atoms in total. The Kier molecular flexibility index (Phi) is 4.41. The van der Waals surface area contributed by atoms with E-state index >= 15 is 0 Å². The molecule has 1 N–H and O–H groups in total. The molecule has 15 heavy (non-hydrogen) atoms. The molecule has 2 atom stereocenters. The van der Waals surface area contributed by atoms with Gasteiger partial charge in [0.1, 0.15) is 0 Å². The Labute approximate surface area is 97.2 Å². The van der Waals surface area contributed by atoms with Gasteiger partial charge in [-0.1, -0.05) is 12.8 Å². The number of carbonyl (C=O) groups is 1. The van der Waals surface area contributed by atoms with Gasteiger partial charge in [-0.3, -0.25) is 9.69 Å². The zero-order valence-electron chi connectivity index (χ0n) is 9.19. The second kappa shape index (κ2) is 5.17. The van der Waals surface area contributed by atoms with Crippen molar-refractivity contribution in [2.24, 2.45) is 5.92 Å². The molecule has 4 heteroatoms. The van der Waals surface area contributed by atoms with Gasteiger partial charge in [0.2, 0.25) is 0 Å². The molecule has 0 saturated heterocycles. The Morgan fingerprint density at radius 3 is 2.33 bits per heavy atom. The van der Waals surface area contributed by atoms with E-state index in [1.807, 2.05) is 0 Å². The highest BCUT2D eigenvalue weighted by Gasteiger charge is 2.38. The van der Waals surface area contributed by atoms with E-state index in [-0.39, 0.29) is 18.3 Å². The number of hydrogen-bond donors (Lipinski definition) is 1. The summed E-state index contributed by atoms with van der Waals surface area (Å²) in [6, 6.07) is 0.980. The van der Waals surface area contributed by atoms with Crippen LogP contribution in [0.2, 0.25) is 0 Å². The van der Waals surface area contributed by atoms with Gasteiger partial charge >= 0.3 is 5.97 Å². The zero-order chi connectivity index (χ0) is 10.1. The van der Waals surface area contributed by atoms with E-state index in [0.29, 0.717) is 12.1 Å². The van der Waals surface area contributed by atoms with Gasteiger partial charge in [-0.15, -0.1) is 12.4 Å². The summed E-state index contributed by atoms with van der Waals surface area (Å²) in [5.41, 5.74) is 0. The Bertz CT molecular complexity index is 231. The fourth-order valence-corrected chi connectivity index (χ4v) is 2.64. The number of carboxylic acids is 1. The average molecular weight is 234 g/mol. The highest BCUT2D eigenvalue weighted by molar-refractivity contribution is 5.85. The van der Waals surface area contributed by atoms with Gasteiger partial charge in [-0.05, 0) is 32.7 Å². The average Bonchev–Trinajstić information content (AvgIpc) is 3.00. The summed E-state index contributed by atoms with van der Waals surface area (Å²) in [5.74, 6) is -0.712. The molecule has 0 aromatic carbocycles. The minimum Gasteiger partial charge on any atom is -0.481 e. The third-order valence-electron chi connectivity index (χ3n) is 3.69. The van der Waals surface area contributed by atoms with E-state index in [4.69, 9.17) is 5.11 Å². The van der Waals surface area contributed by atoms with Crippen molar-refractivity contribution in [1.29, 1.82) is 0 Å². The highest BCUT2D eigenvalue weighted by Crippen LogP contribution is 2.35. The fraction of sp³-hybridized carbons (Fsp3) is 0.909. The maximum atomic E-state index is 11.1. The summed E-state index contributed by atoms with van der Waals surface area (Å²) in [5, 5.41) is 9.13. The van der Waals surface area contributed by atoms with Crippen molar-refractivity contribution in [3.8, 4) is 0 Å². The van der Waals surface area contributed by atoms with Crippen LogP contribution in [0.3, 0.4) is 0 Å². The number of rotatable bonds is 3. The van der Waals surface area contributed by atoms with Gasteiger partial charge in [-0.2, -0.15) is 0 Å². The number of halogens is 1. The monoisotopic (exact) mass is 233 g/mol. The molecule has 0 aromatic heterocycles. The molecule has 0 amide bonds. The maximum absolute atomic E-state index is 11.1.